The number of hydrogen-bond donors (Lipinski definition) is 1. The maximum Gasteiger partial charge on any atom is 0.0598 e. The van der Waals surface area contributed by atoms with Crippen molar-refractivity contribution in [2.45, 2.75) is 57.9 Å². The van der Waals surface area contributed by atoms with E-state index in [0.717, 1.165) is 12.6 Å². The predicted octanol–water partition coefficient (Wildman–Crippen LogP) is 2.64. The smallest absolute Gasteiger partial charge is 0.0598 e. The molecule has 0 spiro atoms. The molecule has 1 aliphatic carbocycles. The number of likely N-dealkylation sites (tertiary alicyclic amines) is 1. The average molecular weight is 248 g/mol. The normalized spacial score (nSPS) is 25.8. The molecule has 0 radical (unpaired) electrons. The molecule has 2 nitrogen and oxygen atoms in total. The van der Waals surface area contributed by atoms with Crippen LogP contribution in [-0.4, -0.2) is 37.1 Å². The van der Waals surface area contributed by atoms with Gasteiger partial charge in [-0.15, -0.1) is 6.42 Å². The standard InChI is InChI=1S/C16H28N2/c1-3-11-18-12-7-15(8-13-18)17-14-16(2)9-5-4-6-10-16/h1,15,17H,4-14H2,2H3. The van der Waals surface area contributed by atoms with Crippen molar-refractivity contribution >= 4 is 0 Å². The zero-order valence-electron chi connectivity index (χ0n) is 11.9. The van der Waals surface area contributed by atoms with Crippen LogP contribution in [0.3, 0.4) is 0 Å². The summed E-state index contributed by atoms with van der Waals surface area (Å²) in [5.74, 6) is 2.75. The van der Waals surface area contributed by atoms with E-state index in [1.807, 2.05) is 0 Å². The monoisotopic (exact) mass is 248 g/mol. The van der Waals surface area contributed by atoms with Crippen molar-refractivity contribution in [3.05, 3.63) is 0 Å². The fraction of sp³-hybridized carbons (Fsp3) is 0.875. The molecule has 1 saturated heterocycles. The van der Waals surface area contributed by atoms with E-state index in [1.165, 1.54) is 64.6 Å². The molecule has 1 saturated carbocycles. The molecule has 1 heterocycles. The quantitative estimate of drug-likeness (QED) is 0.770. The molecule has 0 aromatic carbocycles. The van der Waals surface area contributed by atoms with Gasteiger partial charge in [0.05, 0.1) is 6.54 Å². The first-order valence-corrected chi connectivity index (χ1v) is 7.61. The van der Waals surface area contributed by atoms with Crippen LogP contribution in [0, 0.1) is 17.8 Å². The molecule has 1 aliphatic heterocycles. The lowest BCUT2D eigenvalue weighted by atomic mass is 9.75. The predicted molar refractivity (Wildman–Crippen MR) is 77.5 cm³/mol. The summed E-state index contributed by atoms with van der Waals surface area (Å²) in [5, 5.41) is 3.82. The van der Waals surface area contributed by atoms with Crippen molar-refractivity contribution in [3.63, 3.8) is 0 Å². The summed E-state index contributed by atoms with van der Waals surface area (Å²) in [6.07, 6.45) is 15.0. The van der Waals surface area contributed by atoms with Crippen LogP contribution >= 0.6 is 0 Å². The van der Waals surface area contributed by atoms with Gasteiger partial charge in [0.25, 0.3) is 0 Å². The second kappa shape index (κ2) is 6.59. The lowest BCUT2D eigenvalue weighted by Crippen LogP contribution is -2.46. The summed E-state index contributed by atoms with van der Waals surface area (Å²) in [5.41, 5.74) is 0.564. The van der Waals surface area contributed by atoms with Crippen molar-refractivity contribution in [1.29, 1.82) is 0 Å². The van der Waals surface area contributed by atoms with Gasteiger partial charge < -0.3 is 5.32 Å². The molecule has 2 rings (SSSR count). The van der Waals surface area contributed by atoms with Gasteiger partial charge in [0.15, 0.2) is 0 Å². The van der Waals surface area contributed by atoms with Crippen molar-refractivity contribution in [1.82, 2.24) is 10.2 Å². The van der Waals surface area contributed by atoms with Crippen molar-refractivity contribution in [2.24, 2.45) is 5.41 Å². The van der Waals surface area contributed by atoms with Crippen LogP contribution in [0.25, 0.3) is 0 Å². The molecule has 102 valence electrons. The lowest BCUT2D eigenvalue weighted by Gasteiger charge is -2.37. The number of piperidine rings is 1. The van der Waals surface area contributed by atoms with Gasteiger partial charge >= 0.3 is 0 Å². The first-order valence-electron chi connectivity index (χ1n) is 7.61. The van der Waals surface area contributed by atoms with Crippen molar-refractivity contribution in [3.8, 4) is 12.3 Å². The fourth-order valence-electron chi connectivity index (χ4n) is 3.40. The average Bonchev–Trinajstić information content (AvgIpc) is 2.39. The molecular weight excluding hydrogens is 220 g/mol. The number of nitrogens with one attached hydrogen (secondary N) is 1. The zero-order chi connectivity index (χ0) is 12.8. The maximum absolute atomic E-state index is 5.36. The molecule has 0 bridgehead atoms. The van der Waals surface area contributed by atoms with Gasteiger partial charge in [-0.3, -0.25) is 4.90 Å². The minimum Gasteiger partial charge on any atom is -0.313 e. The van der Waals surface area contributed by atoms with E-state index in [0.29, 0.717) is 5.41 Å². The first kappa shape index (κ1) is 13.9. The SMILES string of the molecule is C#CCN1CCC(NCC2(C)CCCCC2)CC1. The highest BCUT2D eigenvalue weighted by Crippen LogP contribution is 2.35. The third-order valence-corrected chi connectivity index (χ3v) is 4.78. The Bertz CT molecular complexity index is 278. The Morgan fingerprint density at radius 1 is 1.22 bits per heavy atom. The van der Waals surface area contributed by atoms with E-state index in [2.05, 4.69) is 23.1 Å². The van der Waals surface area contributed by atoms with Crippen LogP contribution in [0.5, 0.6) is 0 Å². The Morgan fingerprint density at radius 3 is 2.50 bits per heavy atom. The second-order valence-corrected chi connectivity index (χ2v) is 6.51. The lowest BCUT2D eigenvalue weighted by molar-refractivity contribution is 0.172. The molecule has 0 unspecified atom stereocenters. The van der Waals surface area contributed by atoms with Crippen LogP contribution < -0.4 is 5.32 Å². The fourth-order valence-corrected chi connectivity index (χ4v) is 3.40. The third-order valence-electron chi connectivity index (χ3n) is 4.78. The highest BCUT2D eigenvalue weighted by molar-refractivity contribution is 4.91. The van der Waals surface area contributed by atoms with E-state index in [4.69, 9.17) is 6.42 Å². The minimum atomic E-state index is 0.564. The van der Waals surface area contributed by atoms with Gasteiger partial charge in [0.1, 0.15) is 0 Å². The molecule has 0 amide bonds. The topological polar surface area (TPSA) is 15.3 Å². The molecular formula is C16H28N2. The number of terminal acetylenes is 1. The highest BCUT2D eigenvalue weighted by Gasteiger charge is 2.28. The molecule has 2 heteroatoms. The summed E-state index contributed by atoms with van der Waals surface area (Å²) in [6.45, 7) is 6.83. The zero-order valence-corrected chi connectivity index (χ0v) is 11.9. The van der Waals surface area contributed by atoms with Gasteiger partial charge in [0.2, 0.25) is 0 Å². The van der Waals surface area contributed by atoms with E-state index in [1.54, 1.807) is 0 Å². The van der Waals surface area contributed by atoms with Crippen LogP contribution in [0.1, 0.15) is 51.9 Å². The van der Waals surface area contributed by atoms with Gasteiger partial charge in [-0.25, -0.2) is 0 Å². The van der Waals surface area contributed by atoms with E-state index in [9.17, 15) is 0 Å². The summed E-state index contributed by atoms with van der Waals surface area (Å²) in [7, 11) is 0. The number of nitrogens with zero attached hydrogens (tertiary/aromatic N) is 1. The van der Waals surface area contributed by atoms with E-state index in [-0.39, 0.29) is 0 Å². The molecule has 0 aromatic rings. The largest absolute Gasteiger partial charge is 0.313 e. The van der Waals surface area contributed by atoms with Crippen LogP contribution in [-0.2, 0) is 0 Å². The molecule has 0 atom stereocenters. The molecule has 1 N–H and O–H groups in total. The summed E-state index contributed by atoms with van der Waals surface area (Å²) in [4.78, 5) is 2.39. The summed E-state index contributed by atoms with van der Waals surface area (Å²) in [6, 6.07) is 0.720. The molecule has 0 aromatic heterocycles. The summed E-state index contributed by atoms with van der Waals surface area (Å²) < 4.78 is 0. The van der Waals surface area contributed by atoms with Gasteiger partial charge in [-0.1, -0.05) is 32.1 Å². The Kier molecular flexibility index (Phi) is 5.09. The van der Waals surface area contributed by atoms with Gasteiger partial charge in [-0.05, 0) is 31.1 Å². The van der Waals surface area contributed by atoms with Gasteiger partial charge in [-0.2, -0.15) is 0 Å². The minimum absolute atomic E-state index is 0.564. The Balaban J connectivity index is 1.67. The van der Waals surface area contributed by atoms with E-state index >= 15 is 0 Å². The number of rotatable bonds is 4. The van der Waals surface area contributed by atoms with Crippen LogP contribution in [0.15, 0.2) is 0 Å². The molecule has 2 fully saturated rings. The van der Waals surface area contributed by atoms with Gasteiger partial charge in [0, 0.05) is 25.7 Å². The summed E-state index contributed by atoms with van der Waals surface area (Å²) >= 11 is 0. The Labute approximate surface area is 113 Å². The van der Waals surface area contributed by atoms with Crippen LogP contribution in [0.2, 0.25) is 0 Å². The Hall–Kier alpha value is -0.520. The Morgan fingerprint density at radius 2 is 1.89 bits per heavy atom. The number of hydrogen-bond acceptors (Lipinski definition) is 2. The first-order chi connectivity index (χ1) is 8.72. The van der Waals surface area contributed by atoms with Crippen molar-refractivity contribution in [2.75, 3.05) is 26.2 Å². The second-order valence-electron chi connectivity index (χ2n) is 6.51. The maximum atomic E-state index is 5.36. The third kappa shape index (κ3) is 4.00. The molecule has 18 heavy (non-hydrogen) atoms. The van der Waals surface area contributed by atoms with Crippen LogP contribution in [0.4, 0.5) is 0 Å². The van der Waals surface area contributed by atoms with Crippen molar-refractivity contribution < 1.29 is 0 Å². The molecule has 2 aliphatic rings. The van der Waals surface area contributed by atoms with E-state index < -0.39 is 0 Å². The highest BCUT2D eigenvalue weighted by atomic mass is 15.1.